The minimum atomic E-state index is -0.194. The van der Waals surface area contributed by atoms with E-state index in [-0.39, 0.29) is 5.91 Å². The quantitative estimate of drug-likeness (QED) is 0.389. The highest BCUT2D eigenvalue weighted by atomic mass is 16.5. The number of hydrogen-bond acceptors (Lipinski definition) is 5. The van der Waals surface area contributed by atoms with Crippen molar-refractivity contribution >= 4 is 23.1 Å². The zero-order valence-corrected chi connectivity index (χ0v) is 18.0. The van der Waals surface area contributed by atoms with Crippen molar-refractivity contribution in [3.63, 3.8) is 0 Å². The van der Waals surface area contributed by atoms with Gasteiger partial charge in [-0.25, -0.2) is 9.97 Å². The van der Waals surface area contributed by atoms with E-state index in [9.17, 15) is 4.79 Å². The van der Waals surface area contributed by atoms with Gasteiger partial charge in [0.25, 0.3) is 5.91 Å². The Labute approximate surface area is 187 Å². The molecule has 0 unspecified atom stereocenters. The van der Waals surface area contributed by atoms with E-state index >= 15 is 0 Å². The summed E-state index contributed by atoms with van der Waals surface area (Å²) in [6.07, 6.45) is 1.53. The van der Waals surface area contributed by atoms with E-state index in [4.69, 9.17) is 4.74 Å². The fraction of sp³-hybridized carbons (Fsp3) is 0.115. The van der Waals surface area contributed by atoms with Crippen LogP contribution in [0.4, 0.5) is 17.2 Å². The number of aromatic nitrogens is 2. The van der Waals surface area contributed by atoms with Gasteiger partial charge in [0.1, 0.15) is 17.9 Å². The molecule has 1 heterocycles. The van der Waals surface area contributed by atoms with E-state index in [1.807, 2.05) is 74.5 Å². The van der Waals surface area contributed by atoms with E-state index in [0.717, 1.165) is 22.7 Å². The monoisotopic (exact) mass is 424 g/mol. The lowest BCUT2D eigenvalue weighted by Crippen LogP contribution is -2.12. The summed E-state index contributed by atoms with van der Waals surface area (Å²) in [4.78, 5) is 21.4. The Hall–Kier alpha value is -4.19. The van der Waals surface area contributed by atoms with Gasteiger partial charge in [-0.2, -0.15) is 0 Å². The number of carbonyl (C=O) groups excluding carboxylic acids is 1. The molecule has 0 saturated carbocycles. The molecule has 4 aromatic rings. The summed E-state index contributed by atoms with van der Waals surface area (Å²) in [6.45, 7) is 4.58. The van der Waals surface area contributed by atoms with Gasteiger partial charge in [-0.1, -0.05) is 29.8 Å². The van der Waals surface area contributed by atoms with Crippen LogP contribution >= 0.6 is 0 Å². The Bertz CT molecular complexity index is 1220. The standard InChI is InChI=1S/C26H24N4O2/c1-3-32-23-12-10-21(11-13-23)30-26(31)20-8-5-9-22(15-20)29-25-16-24(27-17-28-25)19-7-4-6-18(2)14-19/h4-17H,3H2,1-2H3,(H,30,31)(H,27,28,29). The summed E-state index contributed by atoms with van der Waals surface area (Å²) >= 11 is 0. The number of nitrogens with zero attached hydrogens (tertiary/aromatic N) is 2. The Morgan fingerprint density at radius 1 is 0.906 bits per heavy atom. The van der Waals surface area contributed by atoms with Crippen LogP contribution in [0.15, 0.2) is 85.2 Å². The van der Waals surface area contributed by atoms with Gasteiger partial charge in [0.05, 0.1) is 12.3 Å². The maximum Gasteiger partial charge on any atom is 0.255 e. The van der Waals surface area contributed by atoms with Crippen molar-refractivity contribution in [2.75, 3.05) is 17.2 Å². The Balaban J connectivity index is 1.47. The molecular formula is C26H24N4O2. The summed E-state index contributed by atoms with van der Waals surface area (Å²) < 4.78 is 5.43. The van der Waals surface area contributed by atoms with E-state index in [1.54, 1.807) is 12.1 Å². The number of ether oxygens (including phenoxy) is 1. The van der Waals surface area contributed by atoms with Crippen molar-refractivity contribution in [2.24, 2.45) is 0 Å². The zero-order valence-electron chi connectivity index (χ0n) is 18.0. The normalized spacial score (nSPS) is 10.4. The highest BCUT2D eigenvalue weighted by Gasteiger charge is 2.08. The SMILES string of the molecule is CCOc1ccc(NC(=O)c2cccc(Nc3cc(-c4cccc(C)c4)ncn3)c2)cc1. The van der Waals surface area contributed by atoms with E-state index in [2.05, 4.69) is 26.7 Å². The second-order valence-electron chi connectivity index (χ2n) is 7.28. The number of rotatable bonds is 7. The van der Waals surface area contributed by atoms with Gasteiger partial charge < -0.3 is 15.4 Å². The minimum absolute atomic E-state index is 0.194. The molecule has 1 amide bonds. The van der Waals surface area contributed by atoms with Gasteiger partial charge in [-0.15, -0.1) is 0 Å². The third-order valence-corrected chi connectivity index (χ3v) is 4.80. The first-order valence-corrected chi connectivity index (χ1v) is 10.4. The maximum absolute atomic E-state index is 12.7. The van der Waals surface area contributed by atoms with Crippen LogP contribution in [0.1, 0.15) is 22.8 Å². The molecule has 0 saturated heterocycles. The predicted molar refractivity (Wildman–Crippen MR) is 127 cm³/mol. The predicted octanol–water partition coefficient (Wildman–Crippen LogP) is 5.85. The van der Waals surface area contributed by atoms with E-state index in [1.165, 1.54) is 11.9 Å². The van der Waals surface area contributed by atoms with Crippen molar-refractivity contribution in [2.45, 2.75) is 13.8 Å². The van der Waals surface area contributed by atoms with Crippen molar-refractivity contribution < 1.29 is 9.53 Å². The van der Waals surface area contributed by atoms with Crippen LogP contribution in [0.2, 0.25) is 0 Å². The van der Waals surface area contributed by atoms with Crippen LogP contribution < -0.4 is 15.4 Å². The number of hydrogen-bond donors (Lipinski definition) is 2. The average molecular weight is 425 g/mol. The first-order valence-electron chi connectivity index (χ1n) is 10.4. The smallest absolute Gasteiger partial charge is 0.255 e. The fourth-order valence-electron chi connectivity index (χ4n) is 3.28. The largest absolute Gasteiger partial charge is 0.494 e. The van der Waals surface area contributed by atoms with Gasteiger partial charge in [0, 0.05) is 28.6 Å². The van der Waals surface area contributed by atoms with Gasteiger partial charge in [-0.05, 0) is 62.4 Å². The lowest BCUT2D eigenvalue weighted by atomic mass is 10.1. The molecule has 6 nitrogen and oxygen atoms in total. The first-order chi connectivity index (χ1) is 15.6. The van der Waals surface area contributed by atoms with Crippen LogP contribution in [0.5, 0.6) is 5.75 Å². The van der Waals surface area contributed by atoms with Gasteiger partial charge in [0.15, 0.2) is 0 Å². The fourth-order valence-corrected chi connectivity index (χ4v) is 3.28. The Kier molecular flexibility index (Phi) is 6.41. The molecule has 0 aliphatic carbocycles. The molecule has 3 aromatic carbocycles. The molecule has 0 aliphatic heterocycles. The molecule has 4 rings (SSSR count). The third-order valence-electron chi connectivity index (χ3n) is 4.80. The van der Waals surface area contributed by atoms with Gasteiger partial charge in [0.2, 0.25) is 0 Å². The molecular weight excluding hydrogens is 400 g/mol. The van der Waals surface area contributed by atoms with Crippen molar-refractivity contribution in [1.29, 1.82) is 0 Å². The van der Waals surface area contributed by atoms with Gasteiger partial charge in [-0.3, -0.25) is 4.79 Å². The first kappa shape index (κ1) is 21.1. The zero-order chi connectivity index (χ0) is 22.3. The number of nitrogens with one attached hydrogen (secondary N) is 2. The topological polar surface area (TPSA) is 76.1 Å². The molecule has 2 N–H and O–H groups in total. The number of benzene rings is 3. The molecule has 32 heavy (non-hydrogen) atoms. The minimum Gasteiger partial charge on any atom is -0.494 e. The molecule has 6 heteroatoms. The van der Waals surface area contributed by atoms with E-state index < -0.39 is 0 Å². The third kappa shape index (κ3) is 5.29. The summed E-state index contributed by atoms with van der Waals surface area (Å²) in [7, 11) is 0. The lowest BCUT2D eigenvalue weighted by Gasteiger charge is -2.10. The Morgan fingerprint density at radius 3 is 2.50 bits per heavy atom. The molecule has 1 aromatic heterocycles. The summed E-state index contributed by atoms with van der Waals surface area (Å²) in [6, 6.07) is 24.6. The summed E-state index contributed by atoms with van der Waals surface area (Å²) in [5.41, 5.74) is 5.03. The lowest BCUT2D eigenvalue weighted by molar-refractivity contribution is 0.102. The second kappa shape index (κ2) is 9.75. The van der Waals surface area contributed by atoms with Crippen LogP contribution in [0.3, 0.4) is 0 Å². The molecule has 0 bridgehead atoms. The van der Waals surface area contributed by atoms with Crippen LogP contribution in [-0.2, 0) is 0 Å². The summed E-state index contributed by atoms with van der Waals surface area (Å²) in [5.74, 6) is 1.23. The molecule has 0 atom stereocenters. The molecule has 160 valence electrons. The molecule has 0 spiro atoms. The van der Waals surface area contributed by atoms with Crippen LogP contribution in [0, 0.1) is 6.92 Å². The highest BCUT2D eigenvalue weighted by molar-refractivity contribution is 6.04. The van der Waals surface area contributed by atoms with Crippen molar-refractivity contribution in [3.05, 3.63) is 96.3 Å². The van der Waals surface area contributed by atoms with Crippen LogP contribution in [0.25, 0.3) is 11.3 Å². The Morgan fingerprint density at radius 2 is 1.72 bits per heavy atom. The summed E-state index contributed by atoms with van der Waals surface area (Å²) in [5, 5.41) is 6.17. The van der Waals surface area contributed by atoms with Crippen molar-refractivity contribution in [1.82, 2.24) is 9.97 Å². The number of anilines is 3. The maximum atomic E-state index is 12.7. The number of aryl methyl sites for hydroxylation is 1. The van der Waals surface area contributed by atoms with E-state index in [0.29, 0.717) is 23.7 Å². The highest BCUT2D eigenvalue weighted by Crippen LogP contribution is 2.23. The molecule has 0 aliphatic rings. The van der Waals surface area contributed by atoms with Crippen LogP contribution in [-0.4, -0.2) is 22.5 Å². The van der Waals surface area contributed by atoms with Gasteiger partial charge >= 0.3 is 0 Å². The molecule has 0 radical (unpaired) electrons. The number of amides is 1. The number of carbonyl (C=O) groups is 1. The molecule has 0 fully saturated rings. The van der Waals surface area contributed by atoms with Crippen molar-refractivity contribution in [3.8, 4) is 17.0 Å². The second-order valence-corrected chi connectivity index (χ2v) is 7.28. The average Bonchev–Trinajstić information content (AvgIpc) is 2.81.